The van der Waals surface area contributed by atoms with Crippen molar-refractivity contribution in [3.63, 3.8) is 0 Å². The van der Waals surface area contributed by atoms with Crippen molar-refractivity contribution in [2.24, 2.45) is 0 Å². The number of amides is 1. The molecule has 1 unspecified atom stereocenters. The Labute approximate surface area is 377 Å². The fourth-order valence-electron chi connectivity index (χ4n) is 5.98. The molecule has 13 nitrogen and oxygen atoms in total. The summed E-state index contributed by atoms with van der Waals surface area (Å²) < 4.78 is 31.4. The van der Waals surface area contributed by atoms with E-state index in [4.69, 9.17) is 23.8 Å². The summed E-state index contributed by atoms with van der Waals surface area (Å²) in [4.78, 5) is 50.2. The number of hydrogen-bond donors (Lipinski definition) is 7. The fourth-order valence-corrected chi connectivity index (χ4v) is 6.59. The first-order valence-corrected chi connectivity index (χ1v) is 24.4. The highest BCUT2D eigenvalue weighted by atomic mass is 31.2. The molecule has 3 aromatic rings. The maximum atomic E-state index is 12.6. The molecule has 0 saturated carbocycles. The van der Waals surface area contributed by atoms with E-state index in [9.17, 15) is 19.1 Å². The Kier molecular flexibility index (Phi) is 31.6. The third-order valence-electron chi connectivity index (χ3n) is 9.04. The third kappa shape index (κ3) is 31.2. The number of carbonyl (C=O) groups is 1. The summed E-state index contributed by atoms with van der Waals surface area (Å²) in [6.45, 7) is 20.2. The number of ether oxygens (including phenoxy) is 2. The summed E-state index contributed by atoms with van der Waals surface area (Å²) in [7, 11) is -6.76. The van der Waals surface area contributed by atoms with Gasteiger partial charge in [0.05, 0.1) is 19.3 Å². The van der Waals surface area contributed by atoms with Gasteiger partial charge in [-0.1, -0.05) is 127 Å². The Morgan fingerprint density at radius 1 is 0.889 bits per heavy atom. The van der Waals surface area contributed by atoms with Gasteiger partial charge in [-0.25, -0.2) is 4.57 Å². The monoisotopic (exact) mass is 913 g/mol. The molecule has 1 heterocycles. The number of rotatable bonds is 31. The number of nitrogens with one attached hydrogen (secondary N) is 3. The van der Waals surface area contributed by atoms with Gasteiger partial charge in [0.25, 0.3) is 0 Å². The highest BCUT2D eigenvalue weighted by Gasteiger charge is 2.20. The van der Waals surface area contributed by atoms with Gasteiger partial charge in [-0.15, -0.1) is 0 Å². The molecule has 7 N–H and O–H groups in total. The number of fused-ring (bicyclic) bond motifs is 1. The Bertz CT molecular complexity index is 1820. The number of aromatic amines is 1. The Morgan fingerprint density at radius 2 is 1.51 bits per heavy atom. The molecule has 0 aliphatic rings. The average molecular weight is 914 g/mol. The van der Waals surface area contributed by atoms with Gasteiger partial charge in [0.15, 0.2) is 11.8 Å². The van der Waals surface area contributed by atoms with Gasteiger partial charge in [-0.3, -0.25) is 9.32 Å². The van der Waals surface area contributed by atoms with Crippen LogP contribution in [0.2, 0.25) is 0 Å². The second kappa shape index (κ2) is 35.1. The number of benzene rings is 2. The van der Waals surface area contributed by atoms with Crippen LogP contribution < -0.4 is 15.4 Å². The maximum Gasteiger partial charge on any atom is 0.469 e. The quantitative estimate of drug-likeness (QED) is 0.0107. The van der Waals surface area contributed by atoms with Crippen LogP contribution in [0.5, 0.6) is 11.6 Å². The van der Waals surface area contributed by atoms with Gasteiger partial charge in [-0.05, 0) is 94.9 Å². The molecule has 350 valence electrons. The second-order valence-electron chi connectivity index (χ2n) is 14.6. The molecule has 63 heavy (non-hydrogen) atoms. The molecule has 2 aromatic carbocycles. The number of unbranched alkanes of at least 4 members (excludes halogenated alkanes) is 11. The average Bonchev–Trinajstić information content (AvgIpc) is 3.64. The minimum absolute atomic E-state index is 0.138. The van der Waals surface area contributed by atoms with Crippen molar-refractivity contribution < 1.29 is 47.5 Å². The van der Waals surface area contributed by atoms with E-state index in [0.717, 1.165) is 54.3 Å². The normalized spacial score (nSPS) is 11.8. The van der Waals surface area contributed by atoms with E-state index in [0.29, 0.717) is 42.7 Å². The van der Waals surface area contributed by atoms with Crippen LogP contribution in [0.15, 0.2) is 129 Å². The van der Waals surface area contributed by atoms with Crippen LogP contribution in [-0.2, 0) is 29.6 Å². The lowest BCUT2D eigenvalue weighted by atomic mass is 10.1. The van der Waals surface area contributed by atoms with Gasteiger partial charge in [0.1, 0.15) is 11.5 Å². The molecule has 1 aromatic heterocycles. The number of H-pyrrole nitrogens is 1. The number of carbonyl (C=O) groups excluding carboxylic acids is 1. The van der Waals surface area contributed by atoms with Crippen LogP contribution >= 0.6 is 16.4 Å². The van der Waals surface area contributed by atoms with Crippen LogP contribution in [0.3, 0.4) is 0 Å². The molecule has 0 spiro atoms. The first-order valence-electron chi connectivity index (χ1n) is 21.7. The molecule has 0 aliphatic heterocycles. The number of hydrogen-bond acceptors (Lipinski definition) is 9. The Hall–Kier alpha value is -4.29. The van der Waals surface area contributed by atoms with Crippen molar-refractivity contribution in [2.75, 3.05) is 13.2 Å². The van der Waals surface area contributed by atoms with Crippen LogP contribution in [0, 0.1) is 0 Å². The van der Waals surface area contributed by atoms with Gasteiger partial charge < -0.3 is 49.2 Å². The number of aromatic nitrogens is 1. The number of phosphoric acid groups is 1. The summed E-state index contributed by atoms with van der Waals surface area (Å²) in [5.41, 5.74) is 2.77. The lowest BCUT2D eigenvalue weighted by Gasteiger charge is -2.19. The first-order chi connectivity index (χ1) is 30.2. The predicted octanol–water partition coefficient (Wildman–Crippen LogP) is 12.2. The second-order valence-corrected chi connectivity index (χ2v) is 16.6. The van der Waals surface area contributed by atoms with Crippen LogP contribution in [0.1, 0.15) is 116 Å². The van der Waals surface area contributed by atoms with Crippen LogP contribution in [0.4, 0.5) is 0 Å². The zero-order valence-electron chi connectivity index (χ0n) is 37.6. The standard InChI is InChI=1S/C35H51N2O6P.C11H15NO.C2H7O3P/c1-2-3-4-5-6-7-8-9-10-11-12-13-14-15-16-21-34(38)36-31(28-42-44(39,40)41)26-29-22-24-32(25-23-29)43-35-27-30-19-17-18-20-33(30)37-35;1-6-8-9(3)12-11(5)13-10(4)7-2;1-2-5-6(3)4/h9-10,17-20,22-25,27,31,37H,2-8,11-16,21,26,28H2,1H3,(H,36,38)(H2,39,40,41);6-8,12H,1-2,4-5H2,3H3;3-4H,2H2,1H3/b10-9-;9-8+;. The molecular weight excluding hydrogens is 840 g/mol. The third-order valence-corrected chi connectivity index (χ3v) is 10.0. The van der Waals surface area contributed by atoms with Crippen molar-refractivity contribution in [1.29, 1.82) is 0 Å². The summed E-state index contributed by atoms with van der Waals surface area (Å²) in [6, 6.07) is 16.7. The molecule has 1 amide bonds. The van der Waals surface area contributed by atoms with Crippen LogP contribution in [0.25, 0.3) is 10.9 Å². The molecule has 0 aliphatic carbocycles. The topological polar surface area (TPSA) is 192 Å². The van der Waals surface area contributed by atoms with Crippen molar-refractivity contribution in [2.45, 2.75) is 123 Å². The molecule has 3 rings (SSSR count). The molecule has 0 saturated heterocycles. The molecule has 1 atom stereocenters. The fraction of sp³-hybridized carbons (Fsp3) is 0.438. The SMILES string of the molecule is C=C/C=C(\C)NC(=C)OC(=C)C=C.CCCCCCCC/C=C\CCCCCCCC(=O)NC(COP(=O)(O)O)Cc1ccc(Oc2cc3ccccc3[nH]2)cc1.CCOP(O)O. The van der Waals surface area contributed by atoms with Gasteiger partial charge in [0.2, 0.25) is 5.91 Å². The largest absolute Gasteiger partial charge is 0.469 e. The van der Waals surface area contributed by atoms with Gasteiger partial charge in [0, 0.05) is 29.1 Å². The van der Waals surface area contributed by atoms with E-state index in [1.54, 1.807) is 13.0 Å². The Balaban J connectivity index is 0.000000866. The summed E-state index contributed by atoms with van der Waals surface area (Å²) in [5.74, 6) is 2.02. The van der Waals surface area contributed by atoms with E-state index < -0.39 is 22.5 Å². The number of phosphoric ester groups is 1. The van der Waals surface area contributed by atoms with Crippen molar-refractivity contribution in [3.05, 3.63) is 134 Å². The first kappa shape index (κ1) is 56.7. The predicted molar refractivity (Wildman–Crippen MR) is 258 cm³/mol. The molecule has 0 fully saturated rings. The maximum absolute atomic E-state index is 12.6. The highest BCUT2D eigenvalue weighted by molar-refractivity contribution is 7.46. The van der Waals surface area contributed by atoms with E-state index in [1.807, 2.05) is 67.6 Å². The van der Waals surface area contributed by atoms with E-state index in [-0.39, 0.29) is 12.5 Å². The number of para-hydroxylation sites is 1. The Morgan fingerprint density at radius 3 is 2.06 bits per heavy atom. The van der Waals surface area contributed by atoms with Crippen molar-refractivity contribution >= 4 is 33.2 Å². The minimum atomic E-state index is -4.66. The van der Waals surface area contributed by atoms with E-state index in [1.165, 1.54) is 57.4 Å². The zero-order chi connectivity index (χ0) is 46.7. The lowest BCUT2D eigenvalue weighted by Crippen LogP contribution is -2.39. The smallest absolute Gasteiger partial charge is 0.442 e. The van der Waals surface area contributed by atoms with Gasteiger partial charge >= 0.3 is 16.4 Å². The minimum Gasteiger partial charge on any atom is -0.442 e. The number of allylic oxidation sites excluding steroid dienone is 6. The van der Waals surface area contributed by atoms with E-state index >= 15 is 0 Å². The molecular formula is C48H73N3O10P2. The van der Waals surface area contributed by atoms with Crippen molar-refractivity contribution in [1.82, 2.24) is 15.6 Å². The lowest BCUT2D eigenvalue weighted by molar-refractivity contribution is -0.122. The van der Waals surface area contributed by atoms with Gasteiger partial charge in [-0.2, -0.15) is 0 Å². The molecule has 15 heteroatoms. The zero-order valence-corrected chi connectivity index (χ0v) is 39.4. The summed E-state index contributed by atoms with van der Waals surface area (Å²) >= 11 is 0. The summed E-state index contributed by atoms with van der Waals surface area (Å²) in [6.07, 6.45) is 25.9. The van der Waals surface area contributed by atoms with E-state index in [2.05, 4.69) is 65.5 Å². The van der Waals surface area contributed by atoms with Crippen LogP contribution in [-0.4, -0.2) is 49.7 Å². The van der Waals surface area contributed by atoms with Crippen molar-refractivity contribution in [3.8, 4) is 11.6 Å². The molecule has 0 radical (unpaired) electrons. The molecule has 0 bridgehead atoms. The highest BCUT2D eigenvalue weighted by Crippen LogP contribution is 2.36. The summed E-state index contributed by atoms with van der Waals surface area (Å²) in [5, 5.41) is 6.87.